The molecule has 1 N–H and O–H groups in total. The van der Waals surface area contributed by atoms with Gasteiger partial charge in [0.05, 0.1) is 0 Å². The van der Waals surface area contributed by atoms with Crippen molar-refractivity contribution in [2.75, 3.05) is 25.9 Å². The Hall–Kier alpha value is -1.20. The van der Waals surface area contributed by atoms with E-state index in [9.17, 15) is 4.79 Å². The van der Waals surface area contributed by atoms with Crippen LogP contribution in [0.15, 0.2) is 29.2 Å². The number of nitrogens with zero attached hydrogens (tertiary/aromatic N) is 1. The van der Waals surface area contributed by atoms with Crippen molar-refractivity contribution in [1.29, 1.82) is 0 Å². The van der Waals surface area contributed by atoms with Crippen LogP contribution in [0, 0.1) is 5.92 Å². The molecule has 2 aliphatic rings. The summed E-state index contributed by atoms with van der Waals surface area (Å²) in [4.78, 5) is 15.7. The molecule has 0 bridgehead atoms. The van der Waals surface area contributed by atoms with Gasteiger partial charge in [0.1, 0.15) is 5.75 Å². The molecule has 1 saturated heterocycles. The molecule has 1 saturated carbocycles. The van der Waals surface area contributed by atoms with E-state index in [1.165, 1.54) is 17.7 Å². The Kier molecular flexibility index (Phi) is 6.06. The third kappa shape index (κ3) is 4.90. The highest BCUT2D eigenvalue weighted by Crippen LogP contribution is 2.28. The normalized spacial score (nSPS) is 20.0. The van der Waals surface area contributed by atoms with Crippen LogP contribution in [0.1, 0.15) is 32.6 Å². The average Bonchev–Trinajstić information content (AvgIpc) is 3.45. The number of piperidine rings is 1. The predicted molar refractivity (Wildman–Crippen MR) is 98.6 cm³/mol. The number of rotatable bonds is 7. The molecule has 0 aromatic heterocycles. The molecule has 24 heavy (non-hydrogen) atoms. The third-order valence-electron chi connectivity index (χ3n) is 4.92. The van der Waals surface area contributed by atoms with E-state index in [1.54, 1.807) is 11.8 Å². The lowest BCUT2D eigenvalue weighted by atomic mass is 10.0. The van der Waals surface area contributed by atoms with Crippen molar-refractivity contribution in [2.45, 2.75) is 49.6 Å². The molecule has 3 rings (SSSR count). The molecule has 2 fully saturated rings. The number of carbonyl (C=O) groups is 1. The standard InChI is InChI=1S/C19H28N2O2S/c1-14(23-17-5-7-18(24-2)8-6-17)19(22)21-11-9-16(10-12-21)20-13-15-3-4-15/h5-8,14-16,20H,3-4,9-13H2,1-2H3. The van der Waals surface area contributed by atoms with Crippen LogP contribution in [0.3, 0.4) is 0 Å². The van der Waals surface area contributed by atoms with Crippen molar-refractivity contribution < 1.29 is 9.53 Å². The number of hydrogen-bond donors (Lipinski definition) is 1. The molecule has 1 heterocycles. The topological polar surface area (TPSA) is 41.6 Å². The van der Waals surface area contributed by atoms with Crippen LogP contribution in [-0.4, -0.2) is 48.8 Å². The Morgan fingerprint density at radius 3 is 2.50 bits per heavy atom. The first-order valence-electron chi connectivity index (χ1n) is 8.98. The number of nitrogens with one attached hydrogen (secondary N) is 1. The largest absolute Gasteiger partial charge is 0.481 e. The number of carbonyl (C=O) groups excluding carboxylic acids is 1. The Balaban J connectivity index is 1.43. The predicted octanol–water partition coefficient (Wildman–Crippen LogP) is 3.17. The molecular weight excluding hydrogens is 320 g/mol. The van der Waals surface area contributed by atoms with Crippen LogP contribution in [0.25, 0.3) is 0 Å². The van der Waals surface area contributed by atoms with Crippen molar-refractivity contribution in [2.24, 2.45) is 5.92 Å². The highest BCUT2D eigenvalue weighted by atomic mass is 32.2. The first-order valence-corrected chi connectivity index (χ1v) is 10.2. The Morgan fingerprint density at radius 2 is 1.92 bits per heavy atom. The fourth-order valence-electron chi connectivity index (χ4n) is 3.13. The summed E-state index contributed by atoms with van der Waals surface area (Å²) < 4.78 is 5.83. The molecule has 1 aliphatic carbocycles. The molecular formula is C19H28N2O2S. The summed E-state index contributed by atoms with van der Waals surface area (Å²) in [6.07, 6.45) is 6.49. The minimum atomic E-state index is -0.430. The third-order valence-corrected chi connectivity index (χ3v) is 5.66. The minimum absolute atomic E-state index is 0.101. The van der Waals surface area contributed by atoms with Gasteiger partial charge in [-0.1, -0.05) is 0 Å². The lowest BCUT2D eigenvalue weighted by Gasteiger charge is -2.34. The summed E-state index contributed by atoms with van der Waals surface area (Å²) in [5, 5.41) is 3.65. The number of benzene rings is 1. The van der Waals surface area contributed by atoms with Crippen molar-refractivity contribution >= 4 is 17.7 Å². The molecule has 1 atom stereocenters. The van der Waals surface area contributed by atoms with Crippen molar-refractivity contribution in [3.8, 4) is 5.75 Å². The molecule has 1 aromatic rings. The number of amides is 1. The molecule has 0 radical (unpaired) electrons. The molecule has 1 amide bonds. The zero-order valence-electron chi connectivity index (χ0n) is 14.7. The Labute approximate surface area is 149 Å². The van der Waals surface area contributed by atoms with Gasteiger partial charge in [0.15, 0.2) is 6.10 Å². The maximum atomic E-state index is 12.6. The van der Waals surface area contributed by atoms with Crippen molar-refractivity contribution in [1.82, 2.24) is 10.2 Å². The lowest BCUT2D eigenvalue weighted by molar-refractivity contribution is -0.139. The van der Waals surface area contributed by atoms with E-state index < -0.39 is 6.10 Å². The molecule has 1 unspecified atom stereocenters. The lowest BCUT2D eigenvalue weighted by Crippen LogP contribution is -2.48. The second kappa shape index (κ2) is 8.26. The first kappa shape index (κ1) is 17.6. The van der Waals surface area contributed by atoms with Gasteiger partial charge in [-0.15, -0.1) is 11.8 Å². The quantitative estimate of drug-likeness (QED) is 0.769. The zero-order valence-corrected chi connectivity index (χ0v) is 15.5. The highest BCUT2D eigenvalue weighted by Gasteiger charge is 2.28. The van der Waals surface area contributed by atoms with Gasteiger partial charge in [0.25, 0.3) is 5.91 Å². The zero-order chi connectivity index (χ0) is 16.9. The smallest absolute Gasteiger partial charge is 0.263 e. The fraction of sp³-hybridized carbons (Fsp3) is 0.632. The Morgan fingerprint density at radius 1 is 1.25 bits per heavy atom. The van der Waals surface area contributed by atoms with Gasteiger partial charge in [-0.3, -0.25) is 4.79 Å². The number of thioether (sulfide) groups is 1. The summed E-state index contributed by atoms with van der Waals surface area (Å²) >= 11 is 1.70. The van der Waals surface area contributed by atoms with Gasteiger partial charge in [-0.25, -0.2) is 0 Å². The van der Waals surface area contributed by atoms with Crippen LogP contribution >= 0.6 is 11.8 Å². The number of ether oxygens (including phenoxy) is 1. The van der Waals surface area contributed by atoms with Gasteiger partial charge in [-0.2, -0.15) is 0 Å². The Bertz CT molecular complexity index is 537. The first-order chi connectivity index (χ1) is 11.7. The maximum Gasteiger partial charge on any atom is 0.263 e. The highest BCUT2D eigenvalue weighted by molar-refractivity contribution is 7.98. The van der Waals surface area contributed by atoms with Crippen LogP contribution in [-0.2, 0) is 4.79 Å². The van der Waals surface area contributed by atoms with E-state index in [1.807, 2.05) is 42.3 Å². The number of likely N-dealkylation sites (tertiary alicyclic amines) is 1. The molecule has 132 valence electrons. The SMILES string of the molecule is CSc1ccc(OC(C)C(=O)N2CCC(NCC3CC3)CC2)cc1. The van der Waals surface area contributed by atoms with E-state index in [-0.39, 0.29) is 5.91 Å². The second-order valence-corrected chi connectivity index (χ2v) is 7.77. The van der Waals surface area contributed by atoms with Crippen LogP contribution < -0.4 is 10.1 Å². The van der Waals surface area contributed by atoms with Crippen molar-refractivity contribution in [3.05, 3.63) is 24.3 Å². The molecule has 1 aromatic carbocycles. The summed E-state index contributed by atoms with van der Waals surface area (Å²) in [6, 6.07) is 8.49. The van der Waals surface area contributed by atoms with E-state index in [0.29, 0.717) is 6.04 Å². The molecule has 1 aliphatic heterocycles. The van der Waals surface area contributed by atoms with Crippen LogP contribution in [0.4, 0.5) is 0 Å². The van der Waals surface area contributed by atoms with Gasteiger partial charge in [0.2, 0.25) is 0 Å². The summed E-state index contributed by atoms with van der Waals surface area (Å²) in [6.45, 7) is 4.67. The summed E-state index contributed by atoms with van der Waals surface area (Å²) in [5.74, 6) is 1.77. The van der Waals surface area contributed by atoms with Crippen molar-refractivity contribution in [3.63, 3.8) is 0 Å². The van der Waals surface area contributed by atoms with E-state index in [2.05, 4.69) is 5.32 Å². The molecule has 4 nitrogen and oxygen atoms in total. The minimum Gasteiger partial charge on any atom is -0.481 e. The van der Waals surface area contributed by atoms with Crippen LogP contribution in [0.2, 0.25) is 0 Å². The van der Waals surface area contributed by atoms with E-state index in [4.69, 9.17) is 4.74 Å². The summed E-state index contributed by atoms with van der Waals surface area (Å²) in [5.41, 5.74) is 0. The molecule has 5 heteroatoms. The van der Waals surface area contributed by atoms with Gasteiger partial charge < -0.3 is 15.0 Å². The van der Waals surface area contributed by atoms with Crippen LogP contribution in [0.5, 0.6) is 5.75 Å². The van der Waals surface area contributed by atoms with E-state index >= 15 is 0 Å². The monoisotopic (exact) mass is 348 g/mol. The summed E-state index contributed by atoms with van der Waals surface area (Å²) in [7, 11) is 0. The van der Waals surface area contributed by atoms with E-state index in [0.717, 1.165) is 44.1 Å². The maximum absolute atomic E-state index is 12.6. The second-order valence-electron chi connectivity index (χ2n) is 6.89. The van der Waals surface area contributed by atoms with Gasteiger partial charge in [-0.05, 0) is 75.6 Å². The van der Waals surface area contributed by atoms with Gasteiger partial charge in [0, 0.05) is 24.0 Å². The van der Waals surface area contributed by atoms with Gasteiger partial charge >= 0.3 is 0 Å². The fourth-order valence-corrected chi connectivity index (χ4v) is 3.53. The molecule has 0 spiro atoms. The number of hydrogen-bond acceptors (Lipinski definition) is 4. The average molecular weight is 349 g/mol.